The van der Waals surface area contributed by atoms with E-state index in [1.807, 2.05) is 0 Å². The molecule has 26 nitrogen and oxygen atoms in total. The average Bonchev–Trinajstić information content (AvgIpc) is 0.985. The Kier molecular flexibility index (Phi) is 33.5. The predicted octanol–water partition coefficient (Wildman–Crippen LogP) is 10.9. The lowest BCUT2D eigenvalue weighted by Gasteiger charge is -2.26. The molecule has 0 saturated carbocycles. The molecule has 524 valence electrons. The quantitative estimate of drug-likeness (QED) is 0.0270. The van der Waals surface area contributed by atoms with Crippen LogP contribution in [-0.4, -0.2) is 133 Å². The van der Waals surface area contributed by atoms with Crippen molar-refractivity contribution in [3.63, 3.8) is 0 Å². The fourth-order valence-electron chi connectivity index (χ4n) is 6.98. The number of carbonyl (C=O) groups is 8. The number of hydrogen-bond donors (Lipinski definition) is 11. The minimum Gasteiger partial charge on any atom is -0.508 e. The number of phenolic OH excluding ortho intramolecular Hbond substituents is 3. The maximum Gasteiger partial charge on any atom is 0.408 e. The molecule has 13 N–H and O–H groups in total. The Bertz CT molecular complexity index is 3210. The van der Waals surface area contributed by atoms with Crippen LogP contribution in [0.3, 0.4) is 0 Å². The van der Waals surface area contributed by atoms with E-state index in [1.54, 1.807) is 165 Å². The summed E-state index contributed by atoms with van der Waals surface area (Å²) in [6, 6.07) is 24.5. The third-order valence-electron chi connectivity index (χ3n) is 10.9. The van der Waals surface area contributed by atoms with Gasteiger partial charge in [0, 0.05) is 0 Å². The second-order valence-electron chi connectivity index (χ2n) is 25.3. The molecular formula is C67H91F2N5O21. The van der Waals surface area contributed by atoms with Crippen molar-refractivity contribution in [1.29, 1.82) is 0 Å². The molecule has 0 fully saturated rings. The third kappa shape index (κ3) is 36.2. The first-order valence-electron chi connectivity index (χ1n) is 29.3. The second-order valence-corrected chi connectivity index (χ2v) is 25.3. The number of alkyl halides is 2. The second kappa shape index (κ2) is 38.3. The molecule has 0 bridgehead atoms. The van der Waals surface area contributed by atoms with E-state index in [2.05, 4.69) is 16.0 Å². The van der Waals surface area contributed by atoms with Crippen LogP contribution in [0.1, 0.15) is 162 Å². The maximum absolute atomic E-state index is 12.5. The minimum atomic E-state index is -1.23. The van der Waals surface area contributed by atoms with Crippen molar-refractivity contribution in [2.45, 2.75) is 162 Å². The number of rotatable bonds is 19. The van der Waals surface area contributed by atoms with Crippen LogP contribution in [0.25, 0.3) is 0 Å². The lowest BCUT2D eigenvalue weighted by atomic mass is 10.1. The van der Waals surface area contributed by atoms with E-state index >= 15 is 0 Å². The standard InChI is InChI=1S/C19H28FNO5.C17H25NO5.C13H17NO5.C10H12FNO3.C8H9NO3/c1-18(2,3)25-16(22)15(21-17(23)26-19(4,5)6)13-7-9-14(10-8-13)24-12-11-20;1-16(2,3)22-14(20)13(11-7-9-12(19)10-8-11)18-15(21)23-17(4,5)6;1-13(2,3)19-12(18)14-10(11(16)17)8-4-6-9(15)7-5-8;11-5-6-15-8-3-1-7(2-4-8)9(12)10(13)14;9-7(8(11)12)5-1-3-6(10)4-2-5/h7-10,15H,11-12H2,1-6H3,(H,21,23);7-10,13,19H,1-6H3,(H,18,21);4-7,10,15H,1-3H3,(H,14,18)(H,16,17);1-4,9H,5-6,12H2,(H,13,14);1-4,7,10H,9H2,(H,11,12). The summed E-state index contributed by atoms with van der Waals surface area (Å²) in [6.07, 6.45) is -2.26. The topological polar surface area (TPSA) is 411 Å². The number of ether oxygens (including phenoxy) is 7. The van der Waals surface area contributed by atoms with Crippen LogP contribution >= 0.6 is 0 Å². The van der Waals surface area contributed by atoms with E-state index in [0.717, 1.165) is 0 Å². The number of carboxylic acid groups (broad SMARTS) is 3. The highest BCUT2D eigenvalue weighted by Gasteiger charge is 2.32. The smallest absolute Gasteiger partial charge is 0.408 e. The van der Waals surface area contributed by atoms with Gasteiger partial charge in [0.1, 0.15) is 95.4 Å². The number of carboxylic acids is 3. The van der Waals surface area contributed by atoms with Crippen molar-refractivity contribution in [2.24, 2.45) is 11.5 Å². The molecule has 0 aromatic heterocycles. The number of nitrogens with two attached hydrogens (primary N) is 2. The summed E-state index contributed by atoms with van der Waals surface area (Å²) in [5.74, 6) is -3.46. The van der Waals surface area contributed by atoms with Crippen LogP contribution in [0.2, 0.25) is 0 Å². The summed E-state index contributed by atoms with van der Waals surface area (Å²) in [6.45, 7) is 24.7. The van der Waals surface area contributed by atoms with Gasteiger partial charge in [0.25, 0.3) is 0 Å². The molecule has 0 spiro atoms. The van der Waals surface area contributed by atoms with Gasteiger partial charge in [0.15, 0.2) is 18.1 Å². The number of phenols is 3. The van der Waals surface area contributed by atoms with Gasteiger partial charge in [-0.1, -0.05) is 60.7 Å². The Morgan fingerprint density at radius 1 is 0.358 bits per heavy atom. The molecule has 0 aliphatic carbocycles. The zero-order valence-electron chi connectivity index (χ0n) is 56.0. The van der Waals surface area contributed by atoms with E-state index in [9.17, 15) is 52.2 Å². The van der Waals surface area contributed by atoms with E-state index in [4.69, 9.17) is 70.2 Å². The first kappa shape index (κ1) is 83.1. The van der Waals surface area contributed by atoms with Crippen LogP contribution in [0.15, 0.2) is 121 Å². The number of halogens is 2. The van der Waals surface area contributed by atoms with E-state index in [0.29, 0.717) is 39.3 Å². The lowest BCUT2D eigenvalue weighted by Crippen LogP contribution is -2.40. The van der Waals surface area contributed by atoms with Crippen molar-refractivity contribution >= 4 is 48.1 Å². The largest absolute Gasteiger partial charge is 0.508 e. The monoisotopic (exact) mass is 1340 g/mol. The molecule has 5 aromatic carbocycles. The Morgan fingerprint density at radius 2 is 0.579 bits per heavy atom. The van der Waals surface area contributed by atoms with E-state index in [1.165, 1.54) is 60.7 Å². The molecule has 5 rings (SSSR count). The first-order chi connectivity index (χ1) is 43.7. The third-order valence-corrected chi connectivity index (χ3v) is 10.9. The Hall–Kier alpha value is -9.96. The highest BCUT2D eigenvalue weighted by molar-refractivity contribution is 5.84. The predicted molar refractivity (Wildman–Crippen MR) is 345 cm³/mol. The molecule has 3 amide bonds. The first-order valence-corrected chi connectivity index (χ1v) is 29.3. The van der Waals surface area contributed by atoms with Gasteiger partial charge in [-0.3, -0.25) is 9.59 Å². The zero-order valence-corrected chi connectivity index (χ0v) is 56.0. The fourth-order valence-corrected chi connectivity index (χ4v) is 6.98. The number of amides is 3. The molecule has 5 unspecified atom stereocenters. The molecule has 0 aliphatic heterocycles. The van der Waals surface area contributed by atoms with Gasteiger partial charge in [0.2, 0.25) is 0 Å². The summed E-state index contributed by atoms with van der Waals surface area (Å²) < 4.78 is 60.3. The zero-order chi connectivity index (χ0) is 72.8. The SMILES string of the molecule is CC(C)(C)OC(=O)NC(C(=O)O)c1ccc(O)cc1.CC(C)(C)OC(=O)NC(C(=O)OC(C)(C)C)c1ccc(O)cc1.CC(C)(C)OC(=O)NC(C(=O)OC(C)(C)C)c1ccc(OCCF)cc1.NC(C(=O)O)c1ccc(O)cc1.NC(C(=O)O)c1ccc(OCCF)cc1. The normalized spacial score (nSPS) is 12.7. The van der Waals surface area contributed by atoms with Gasteiger partial charge in [-0.25, -0.2) is 37.5 Å². The molecule has 5 atom stereocenters. The number of nitrogens with one attached hydrogen (secondary N) is 3. The van der Waals surface area contributed by atoms with Crippen LogP contribution < -0.4 is 36.9 Å². The Balaban J connectivity index is 0.000000607. The Labute approximate surface area is 551 Å². The number of hydrogen-bond acceptors (Lipinski definition) is 20. The van der Waals surface area contributed by atoms with Crippen LogP contribution in [0.4, 0.5) is 23.2 Å². The molecule has 28 heteroatoms. The molecule has 0 heterocycles. The van der Waals surface area contributed by atoms with Gasteiger partial charge < -0.3 is 91.2 Å². The number of alkyl carbamates (subject to hydrolysis) is 3. The number of aromatic hydroxyl groups is 3. The fraction of sp³-hybridized carbons (Fsp3) is 0.433. The van der Waals surface area contributed by atoms with Crippen molar-refractivity contribution in [1.82, 2.24) is 16.0 Å². The van der Waals surface area contributed by atoms with Crippen molar-refractivity contribution in [2.75, 3.05) is 26.6 Å². The summed E-state index contributed by atoms with van der Waals surface area (Å²) in [7, 11) is 0. The summed E-state index contributed by atoms with van der Waals surface area (Å²) in [5.41, 5.74) is 9.48. The summed E-state index contributed by atoms with van der Waals surface area (Å²) in [5, 5.41) is 61.0. The molecule has 5 aromatic rings. The van der Waals surface area contributed by atoms with Gasteiger partial charge in [0.05, 0.1) is 0 Å². The molecule has 0 radical (unpaired) electrons. The van der Waals surface area contributed by atoms with Gasteiger partial charge >= 0.3 is 48.1 Å². The lowest BCUT2D eigenvalue weighted by molar-refractivity contribution is -0.158. The van der Waals surface area contributed by atoms with Crippen molar-refractivity contribution in [3.05, 3.63) is 149 Å². The van der Waals surface area contributed by atoms with Gasteiger partial charge in [-0.2, -0.15) is 0 Å². The minimum absolute atomic E-state index is 0.00959. The van der Waals surface area contributed by atoms with Gasteiger partial charge in [-0.05, 0) is 192 Å². The van der Waals surface area contributed by atoms with Crippen LogP contribution in [0, 0.1) is 0 Å². The summed E-state index contributed by atoms with van der Waals surface area (Å²) in [4.78, 5) is 92.7. The van der Waals surface area contributed by atoms with Crippen LogP contribution in [0.5, 0.6) is 28.7 Å². The Morgan fingerprint density at radius 3 is 0.811 bits per heavy atom. The molecule has 0 saturated heterocycles. The number of benzene rings is 5. The highest BCUT2D eigenvalue weighted by Crippen LogP contribution is 2.26. The molecule has 0 aliphatic rings. The van der Waals surface area contributed by atoms with E-state index < -0.39 is 120 Å². The maximum atomic E-state index is 12.5. The van der Waals surface area contributed by atoms with Crippen LogP contribution in [-0.2, 0) is 47.7 Å². The van der Waals surface area contributed by atoms with Gasteiger partial charge in [-0.15, -0.1) is 0 Å². The number of aliphatic carboxylic acids is 3. The van der Waals surface area contributed by atoms with E-state index in [-0.39, 0.29) is 30.5 Å². The molecular weight excluding hydrogens is 1250 g/mol. The number of carbonyl (C=O) groups excluding carboxylic acids is 5. The molecule has 95 heavy (non-hydrogen) atoms. The highest BCUT2D eigenvalue weighted by atomic mass is 19.1. The van der Waals surface area contributed by atoms with Crippen molar-refractivity contribution in [3.8, 4) is 28.7 Å². The number of esters is 2. The average molecular weight is 1340 g/mol. The summed E-state index contributed by atoms with van der Waals surface area (Å²) >= 11 is 0. The van der Waals surface area contributed by atoms with Crippen molar-refractivity contribution < 1.29 is 111 Å².